The molecule has 3 aromatic rings. The van der Waals surface area contributed by atoms with Gasteiger partial charge in [-0.25, -0.2) is 9.37 Å². The van der Waals surface area contributed by atoms with Crippen molar-refractivity contribution in [1.82, 2.24) is 9.88 Å². The third kappa shape index (κ3) is 4.77. The molecule has 2 amide bonds. The number of amides is 2. The minimum absolute atomic E-state index is 0.0484. The average Bonchev–Trinajstić information content (AvgIpc) is 2.81. The maximum Gasteiger partial charge on any atom is 0.406 e. The number of carbonyl (C=O) groups is 2. The normalized spacial score (nSPS) is 17.5. The summed E-state index contributed by atoms with van der Waals surface area (Å²) in [5.41, 5.74) is -0.0787. The van der Waals surface area contributed by atoms with Crippen LogP contribution < -0.4 is 5.32 Å². The molecule has 1 unspecified atom stereocenters. The van der Waals surface area contributed by atoms with Gasteiger partial charge in [0, 0.05) is 23.5 Å². The third-order valence-corrected chi connectivity index (χ3v) is 5.54. The zero-order valence-electron chi connectivity index (χ0n) is 17.8. The topological polar surface area (TPSA) is 106 Å². The van der Waals surface area contributed by atoms with E-state index in [1.165, 1.54) is 30.3 Å². The molecule has 2 heterocycles. The molecule has 35 heavy (non-hydrogen) atoms. The molecule has 2 atom stereocenters. The van der Waals surface area contributed by atoms with E-state index >= 15 is 0 Å². The number of hydrogen-bond donors (Lipinski definition) is 2. The van der Waals surface area contributed by atoms with Crippen LogP contribution in [0.5, 0.6) is 5.88 Å². The van der Waals surface area contributed by atoms with Crippen LogP contribution in [0.15, 0.2) is 60.8 Å². The van der Waals surface area contributed by atoms with Crippen LogP contribution in [0.1, 0.15) is 39.0 Å². The highest BCUT2D eigenvalue weighted by Gasteiger charge is 2.47. The molecule has 11 heteroatoms. The molecule has 0 spiro atoms. The number of pyridine rings is 1. The summed E-state index contributed by atoms with van der Waals surface area (Å²) >= 11 is 0. The van der Waals surface area contributed by atoms with E-state index < -0.39 is 48.2 Å². The molecule has 0 saturated heterocycles. The molecule has 0 fully saturated rings. The Morgan fingerprint density at radius 3 is 2.57 bits per heavy atom. The van der Waals surface area contributed by atoms with Crippen molar-refractivity contribution in [1.29, 1.82) is 5.26 Å². The first-order valence-corrected chi connectivity index (χ1v) is 10.2. The smallest absolute Gasteiger partial charge is 0.406 e. The van der Waals surface area contributed by atoms with Gasteiger partial charge in [0.15, 0.2) is 0 Å². The molecule has 0 bridgehead atoms. The molecule has 0 radical (unpaired) electrons. The summed E-state index contributed by atoms with van der Waals surface area (Å²) in [6, 6.07) is 11.7. The predicted octanol–water partition coefficient (Wildman–Crippen LogP) is 4.28. The lowest BCUT2D eigenvalue weighted by Crippen LogP contribution is -2.49. The first-order chi connectivity index (χ1) is 16.6. The van der Waals surface area contributed by atoms with Crippen LogP contribution in [0.25, 0.3) is 0 Å². The highest BCUT2D eigenvalue weighted by molar-refractivity contribution is 6.04. The van der Waals surface area contributed by atoms with Gasteiger partial charge < -0.3 is 15.3 Å². The number of halogens is 4. The lowest BCUT2D eigenvalue weighted by molar-refractivity contribution is -0.148. The molecule has 2 aromatic carbocycles. The number of rotatable bonds is 4. The molecule has 178 valence electrons. The van der Waals surface area contributed by atoms with Gasteiger partial charge >= 0.3 is 6.18 Å². The van der Waals surface area contributed by atoms with Gasteiger partial charge in [0.2, 0.25) is 11.8 Å². The quantitative estimate of drug-likeness (QED) is 0.538. The van der Waals surface area contributed by atoms with Gasteiger partial charge in [-0.2, -0.15) is 18.4 Å². The first kappa shape index (κ1) is 23.7. The SMILES string of the molecule is N#Cc1cc(NC(=O)C2c3ccccc3C(=O)N(CC(F)(F)F)[C@@H]2c2ccc(O)nc2)ccc1F. The van der Waals surface area contributed by atoms with Crippen LogP contribution >= 0.6 is 0 Å². The maximum absolute atomic E-state index is 13.7. The van der Waals surface area contributed by atoms with Crippen molar-refractivity contribution in [3.8, 4) is 11.9 Å². The van der Waals surface area contributed by atoms with E-state index in [1.54, 1.807) is 12.1 Å². The number of aromatic hydroxyl groups is 1. The van der Waals surface area contributed by atoms with Crippen LogP contribution in [0, 0.1) is 17.1 Å². The van der Waals surface area contributed by atoms with Gasteiger partial charge in [0.05, 0.1) is 17.5 Å². The number of anilines is 1. The van der Waals surface area contributed by atoms with Crippen molar-refractivity contribution in [3.63, 3.8) is 0 Å². The molecule has 7 nitrogen and oxygen atoms in total. The summed E-state index contributed by atoms with van der Waals surface area (Å²) in [5, 5.41) is 21.1. The molecule has 4 rings (SSSR count). The summed E-state index contributed by atoms with van der Waals surface area (Å²) in [4.78, 5) is 30.9. The van der Waals surface area contributed by atoms with Gasteiger partial charge in [0.25, 0.3) is 5.91 Å². The number of alkyl halides is 3. The predicted molar refractivity (Wildman–Crippen MR) is 115 cm³/mol. The summed E-state index contributed by atoms with van der Waals surface area (Å²) in [7, 11) is 0. The van der Waals surface area contributed by atoms with Gasteiger partial charge in [-0.05, 0) is 35.4 Å². The lowest BCUT2D eigenvalue weighted by Gasteiger charge is -2.41. The Bertz CT molecular complexity index is 1340. The molecule has 1 aliphatic heterocycles. The highest BCUT2D eigenvalue weighted by Crippen LogP contribution is 2.44. The van der Waals surface area contributed by atoms with Gasteiger partial charge in [-0.1, -0.05) is 24.3 Å². The van der Waals surface area contributed by atoms with Crippen molar-refractivity contribution in [2.75, 3.05) is 11.9 Å². The van der Waals surface area contributed by atoms with Crippen molar-refractivity contribution in [2.24, 2.45) is 0 Å². The third-order valence-electron chi connectivity index (χ3n) is 5.54. The van der Waals surface area contributed by atoms with E-state index in [1.807, 2.05) is 0 Å². The maximum atomic E-state index is 13.7. The summed E-state index contributed by atoms with van der Waals surface area (Å²) in [6.07, 6.45) is -3.68. The zero-order valence-corrected chi connectivity index (χ0v) is 17.8. The van der Waals surface area contributed by atoms with Crippen LogP contribution in [-0.4, -0.2) is 39.5 Å². The standard InChI is InChI=1S/C24H16F4N4O3/c25-18-7-6-15(9-14(18)10-29)31-22(34)20-16-3-1-2-4-17(16)23(35)32(12-24(26,27)28)21(20)13-5-8-19(33)30-11-13/h1-9,11,20-21H,12H2,(H,30,33)(H,31,34)/t20?,21-/m1/s1. The van der Waals surface area contributed by atoms with Gasteiger partial charge in [-0.15, -0.1) is 0 Å². The summed E-state index contributed by atoms with van der Waals surface area (Å²) in [6.45, 7) is -1.63. The number of hydrogen-bond acceptors (Lipinski definition) is 5. The first-order valence-electron chi connectivity index (χ1n) is 10.2. The van der Waals surface area contributed by atoms with Crippen molar-refractivity contribution in [2.45, 2.75) is 18.1 Å². The second-order valence-corrected chi connectivity index (χ2v) is 7.80. The summed E-state index contributed by atoms with van der Waals surface area (Å²) < 4.78 is 54.3. The van der Waals surface area contributed by atoms with Gasteiger partial charge in [-0.3, -0.25) is 9.59 Å². The van der Waals surface area contributed by atoms with Crippen LogP contribution in [-0.2, 0) is 4.79 Å². The number of aromatic nitrogens is 1. The molecule has 1 aromatic heterocycles. The van der Waals surface area contributed by atoms with E-state index in [2.05, 4.69) is 10.3 Å². The van der Waals surface area contributed by atoms with Crippen LogP contribution in [0.2, 0.25) is 0 Å². The lowest BCUT2D eigenvalue weighted by atomic mass is 9.79. The molecule has 0 saturated carbocycles. The Morgan fingerprint density at radius 1 is 1.17 bits per heavy atom. The van der Waals surface area contributed by atoms with Crippen LogP contribution in [0.4, 0.5) is 23.2 Å². The number of nitrogens with one attached hydrogen (secondary N) is 1. The fraction of sp³-hybridized carbons (Fsp3) is 0.167. The molecule has 0 aliphatic carbocycles. The van der Waals surface area contributed by atoms with Crippen molar-refractivity contribution in [3.05, 3.63) is 88.9 Å². The second kappa shape index (κ2) is 9.06. The monoisotopic (exact) mass is 484 g/mol. The Morgan fingerprint density at radius 2 is 1.91 bits per heavy atom. The van der Waals surface area contributed by atoms with Crippen molar-refractivity contribution < 1.29 is 32.3 Å². The molecule has 2 N–H and O–H groups in total. The highest BCUT2D eigenvalue weighted by atomic mass is 19.4. The Hall–Kier alpha value is -4.46. The largest absolute Gasteiger partial charge is 0.493 e. The second-order valence-electron chi connectivity index (χ2n) is 7.80. The Labute approximate surface area is 196 Å². The van der Waals surface area contributed by atoms with Crippen molar-refractivity contribution >= 4 is 17.5 Å². The van der Waals surface area contributed by atoms with E-state index in [-0.39, 0.29) is 27.9 Å². The van der Waals surface area contributed by atoms with E-state index in [9.17, 15) is 32.3 Å². The molecule has 1 aliphatic rings. The van der Waals surface area contributed by atoms with E-state index in [4.69, 9.17) is 5.26 Å². The average molecular weight is 484 g/mol. The fourth-order valence-corrected chi connectivity index (χ4v) is 4.10. The van der Waals surface area contributed by atoms with E-state index in [0.717, 1.165) is 24.4 Å². The number of nitriles is 1. The number of nitrogens with zero attached hydrogens (tertiary/aromatic N) is 3. The fourth-order valence-electron chi connectivity index (χ4n) is 4.10. The minimum atomic E-state index is -4.77. The molecular formula is C24H16F4N4O3. The number of benzene rings is 2. The number of carbonyl (C=O) groups excluding carboxylic acids is 2. The van der Waals surface area contributed by atoms with Gasteiger partial charge in [0.1, 0.15) is 18.4 Å². The Kier molecular flexibility index (Phi) is 6.13. The molecular weight excluding hydrogens is 468 g/mol. The zero-order chi connectivity index (χ0) is 25.3. The summed E-state index contributed by atoms with van der Waals surface area (Å²) in [5.74, 6) is -4.23. The number of fused-ring (bicyclic) bond motifs is 1. The minimum Gasteiger partial charge on any atom is -0.493 e. The Balaban J connectivity index is 1.85. The van der Waals surface area contributed by atoms with E-state index in [0.29, 0.717) is 4.90 Å². The van der Waals surface area contributed by atoms with Crippen LogP contribution in [0.3, 0.4) is 0 Å².